The van der Waals surface area contributed by atoms with Crippen molar-refractivity contribution in [2.24, 2.45) is 34.9 Å². The number of hydrogen-bond acceptors (Lipinski definition) is 16. The first-order valence-corrected chi connectivity index (χ1v) is 24.3. The van der Waals surface area contributed by atoms with Gasteiger partial charge in [0.25, 0.3) is 0 Å². The van der Waals surface area contributed by atoms with E-state index in [0.29, 0.717) is 6.29 Å². The van der Waals surface area contributed by atoms with Gasteiger partial charge >= 0.3 is 0 Å². The van der Waals surface area contributed by atoms with Gasteiger partial charge in [0.1, 0.15) is 36.5 Å². The monoisotopic (exact) mass is 1070 g/mol. The first-order chi connectivity index (χ1) is 35.3. The summed E-state index contributed by atoms with van der Waals surface area (Å²) < 4.78 is 0. The third-order valence-corrected chi connectivity index (χ3v) is 10.2. The highest BCUT2D eigenvalue weighted by molar-refractivity contribution is 5.97. The molecule has 0 aliphatic rings. The van der Waals surface area contributed by atoms with Crippen LogP contribution >= 0.6 is 0 Å². The van der Waals surface area contributed by atoms with Crippen molar-refractivity contribution < 1.29 is 52.7 Å². The Balaban J connectivity index is 6.34. The van der Waals surface area contributed by atoms with Crippen LogP contribution < -0.4 is 97.6 Å². The molecule has 0 heterocycles. The molecule has 0 aromatic carbocycles. The average Bonchev–Trinajstić information content (AvgIpc) is 3.32. The van der Waals surface area contributed by atoms with E-state index in [4.69, 9.17) is 39.3 Å². The molecule has 3 unspecified atom stereocenters. The van der Waals surface area contributed by atoms with Crippen molar-refractivity contribution in [3.8, 4) is 0 Å². The molecule has 0 aliphatic carbocycles. The molecule has 25 N–H and O–H groups in total. The highest BCUT2D eigenvalue weighted by atomic mass is 16.2. The molecule has 75 heavy (non-hydrogen) atoms. The highest BCUT2D eigenvalue weighted by Gasteiger charge is 2.33. The van der Waals surface area contributed by atoms with Gasteiger partial charge in [-0.05, 0) is 70.1 Å². The maximum absolute atomic E-state index is 14.2. The van der Waals surface area contributed by atoms with Crippen molar-refractivity contribution >= 4 is 83.2 Å². The summed E-state index contributed by atoms with van der Waals surface area (Å²) in [5, 5.41) is 54.9. The van der Waals surface area contributed by atoms with Crippen LogP contribution in [0.25, 0.3) is 0 Å². The fraction of sp³-hybridized carbons (Fsp3) is 0.674. The number of hydrogen-bond donors (Lipinski definition) is 21. The quantitative estimate of drug-likeness (QED) is 0.00682. The van der Waals surface area contributed by atoms with Crippen LogP contribution in [0.1, 0.15) is 86.0 Å². The maximum Gasteiger partial charge on any atom is 0.243 e. The molecule has 0 bridgehead atoms. The van der Waals surface area contributed by atoms with Gasteiger partial charge in [-0.2, -0.15) is 0 Å². The van der Waals surface area contributed by atoms with E-state index in [1.54, 1.807) is 27.7 Å². The summed E-state index contributed by atoms with van der Waals surface area (Å²) in [7, 11) is 0. The number of guanidine groups is 3. The summed E-state index contributed by atoms with van der Waals surface area (Å²) in [5.41, 5.74) is 18.4. The Morgan fingerprint density at radius 1 is 0.400 bits per heavy atom. The minimum absolute atomic E-state index is 0.0493. The number of amides is 10. The fourth-order valence-electron chi connectivity index (χ4n) is 6.55. The molecule has 0 aromatic rings. The summed E-state index contributed by atoms with van der Waals surface area (Å²) in [6.07, 6.45) is 1.09. The van der Waals surface area contributed by atoms with Crippen LogP contribution in [0.2, 0.25) is 0 Å². The van der Waals surface area contributed by atoms with Crippen molar-refractivity contribution in [2.45, 2.75) is 122 Å². The molecule has 0 aliphatic heterocycles. The Bertz CT molecular complexity index is 1960. The zero-order chi connectivity index (χ0) is 57.0. The number of aldehydes is 1. The molecule has 32 heteroatoms. The van der Waals surface area contributed by atoms with E-state index in [1.165, 1.54) is 6.92 Å². The van der Waals surface area contributed by atoms with Crippen molar-refractivity contribution in [3.63, 3.8) is 0 Å². The molecule has 6 atom stereocenters. The molecule has 10 amide bonds. The first kappa shape index (κ1) is 67.1. The minimum Gasteiger partial charge on any atom is -0.370 e. The van der Waals surface area contributed by atoms with Crippen molar-refractivity contribution in [1.82, 2.24) is 74.5 Å². The SMILES string of the molecule is CC(C)CC(NC(=O)CNC(=O)CNC(=O)CNC(=O)CNC(=O)CNN)C(=O)N[C@@H](CCCNC(=N)N)C(=O)NC(CCCNC(=N)N)C(=O)N[C@@H](CC(C)C)C(=O)NC(CCCNC(=N)N)C(=O)N[C@@H](C)C=O. The van der Waals surface area contributed by atoms with Crippen LogP contribution in [-0.4, -0.2) is 172 Å². The maximum atomic E-state index is 14.2. The molecule has 0 fully saturated rings. The van der Waals surface area contributed by atoms with Crippen LogP contribution in [0, 0.1) is 28.1 Å². The Hall–Kier alpha value is -7.90. The second kappa shape index (κ2) is 37.8. The zero-order valence-corrected chi connectivity index (χ0v) is 43.3. The van der Waals surface area contributed by atoms with Crippen LogP contribution in [0.15, 0.2) is 0 Å². The number of carbonyl (C=O) groups excluding carboxylic acids is 11. The third kappa shape index (κ3) is 33.5. The van der Waals surface area contributed by atoms with E-state index in [2.05, 4.69) is 74.5 Å². The number of nitrogens with two attached hydrogens (primary N) is 4. The summed E-state index contributed by atoms with van der Waals surface area (Å²) in [6.45, 7) is 6.49. The Morgan fingerprint density at radius 3 is 0.987 bits per heavy atom. The van der Waals surface area contributed by atoms with Gasteiger partial charge in [-0.15, -0.1) is 0 Å². The van der Waals surface area contributed by atoms with E-state index >= 15 is 0 Å². The van der Waals surface area contributed by atoms with Crippen LogP contribution in [-0.2, 0) is 52.7 Å². The van der Waals surface area contributed by atoms with Crippen molar-refractivity contribution in [3.05, 3.63) is 0 Å². The van der Waals surface area contributed by atoms with Gasteiger partial charge in [-0.1, -0.05) is 27.7 Å². The van der Waals surface area contributed by atoms with Gasteiger partial charge in [0.2, 0.25) is 59.1 Å². The van der Waals surface area contributed by atoms with Gasteiger partial charge in [0.05, 0.1) is 38.8 Å². The molecule has 0 rings (SSSR count). The Labute approximate surface area is 435 Å². The third-order valence-electron chi connectivity index (χ3n) is 10.2. The second-order valence-electron chi connectivity index (χ2n) is 18.0. The van der Waals surface area contributed by atoms with Gasteiger partial charge in [-0.25, -0.2) is 0 Å². The predicted molar refractivity (Wildman–Crippen MR) is 274 cm³/mol. The average molecular weight is 1070 g/mol. The normalized spacial score (nSPS) is 13.1. The molecular weight excluding hydrogens is 987 g/mol. The lowest BCUT2D eigenvalue weighted by Crippen LogP contribution is -2.59. The smallest absolute Gasteiger partial charge is 0.243 e. The molecule has 0 saturated carbocycles. The first-order valence-electron chi connectivity index (χ1n) is 24.3. The number of carbonyl (C=O) groups is 11. The Morgan fingerprint density at radius 2 is 0.680 bits per heavy atom. The molecule has 0 radical (unpaired) electrons. The lowest BCUT2D eigenvalue weighted by atomic mass is 10.0. The van der Waals surface area contributed by atoms with Gasteiger partial charge in [0, 0.05) is 19.6 Å². The van der Waals surface area contributed by atoms with Gasteiger partial charge in [0.15, 0.2) is 17.9 Å². The second-order valence-corrected chi connectivity index (χ2v) is 18.0. The number of nitrogens with one attached hydrogen (secondary N) is 17. The lowest BCUT2D eigenvalue weighted by molar-refractivity contribution is -0.135. The number of hydrazine groups is 1. The van der Waals surface area contributed by atoms with Gasteiger partial charge < -0.3 is 91.1 Å². The summed E-state index contributed by atoms with van der Waals surface area (Å²) in [4.78, 5) is 142. The fourth-order valence-corrected chi connectivity index (χ4v) is 6.55. The largest absolute Gasteiger partial charge is 0.370 e. The van der Waals surface area contributed by atoms with E-state index in [9.17, 15) is 52.7 Å². The highest BCUT2D eigenvalue weighted by Crippen LogP contribution is 2.11. The zero-order valence-electron chi connectivity index (χ0n) is 43.3. The molecule has 0 aromatic heterocycles. The van der Waals surface area contributed by atoms with E-state index in [0.717, 1.165) is 0 Å². The molecule has 424 valence electrons. The van der Waals surface area contributed by atoms with Crippen molar-refractivity contribution in [2.75, 3.05) is 52.4 Å². The van der Waals surface area contributed by atoms with E-state index in [1.807, 2.05) is 0 Å². The predicted octanol–water partition coefficient (Wildman–Crippen LogP) is -8.08. The molecular formula is C43H81N21O11. The summed E-state index contributed by atoms with van der Waals surface area (Å²) in [5.74, 6) is -3.94. The molecule has 0 saturated heterocycles. The van der Waals surface area contributed by atoms with Crippen LogP contribution in [0.4, 0.5) is 0 Å². The molecule has 0 spiro atoms. The van der Waals surface area contributed by atoms with E-state index in [-0.39, 0.29) is 107 Å². The standard InChI is InChI=1S/C43H81N21O11/c1-23(2)15-29(60-35(70)20-57-33(68)18-55-31(66)17-54-32(67)19-56-34(69)21-58-50)39(74)63-27(10-7-13-52-42(46)47)37(72)61-28(11-8-14-53-43(48)49)38(73)64-30(16-24(3)4)40(75)62-26(9-6-12-51-41(44)45)36(71)59-25(5)22-65/h22-30,58H,6-21,50H2,1-5H3,(H,54,67)(H,55,66)(H,56,69)(H,57,68)(H,59,71)(H,60,70)(H,61,72)(H,62,75)(H,63,74)(H,64,73)(H4,44,45,51)(H4,46,47,52)(H4,48,49,53)/t25-,26?,27-,28?,29?,30-/m0/s1. The van der Waals surface area contributed by atoms with E-state index < -0.39 is 122 Å². The van der Waals surface area contributed by atoms with Crippen LogP contribution in [0.3, 0.4) is 0 Å². The van der Waals surface area contributed by atoms with Crippen LogP contribution in [0.5, 0.6) is 0 Å². The lowest BCUT2D eigenvalue weighted by Gasteiger charge is -2.28. The Kier molecular flexibility index (Phi) is 33.8. The minimum atomic E-state index is -1.37. The number of rotatable bonds is 38. The summed E-state index contributed by atoms with van der Waals surface area (Å²) in [6, 6.07) is -7.33. The van der Waals surface area contributed by atoms with Crippen molar-refractivity contribution in [1.29, 1.82) is 16.2 Å². The molecule has 32 nitrogen and oxygen atoms in total. The topological polar surface area (TPSA) is 532 Å². The van der Waals surface area contributed by atoms with Gasteiger partial charge in [-0.3, -0.25) is 75.4 Å². The summed E-state index contributed by atoms with van der Waals surface area (Å²) >= 11 is 0.